The van der Waals surface area contributed by atoms with Gasteiger partial charge in [-0.1, -0.05) is 18.5 Å². The van der Waals surface area contributed by atoms with Crippen molar-refractivity contribution < 1.29 is 9.53 Å². The summed E-state index contributed by atoms with van der Waals surface area (Å²) >= 11 is 6.08. The van der Waals surface area contributed by atoms with Gasteiger partial charge in [-0.05, 0) is 54.6 Å². The fourth-order valence-corrected chi connectivity index (χ4v) is 3.37. The predicted molar refractivity (Wildman–Crippen MR) is 114 cm³/mol. The molecule has 7 heteroatoms. The molecule has 0 saturated heterocycles. The van der Waals surface area contributed by atoms with E-state index in [1.54, 1.807) is 44.4 Å². The smallest absolute Gasteiger partial charge is 0.257 e. The first kappa shape index (κ1) is 19.0. The molecule has 2 aromatic heterocycles. The lowest BCUT2D eigenvalue weighted by atomic mass is 10.1. The minimum atomic E-state index is -0.283. The highest BCUT2D eigenvalue weighted by molar-refractivity contribution is 6.31. The van der Waals surface area contributed by atoms with Crippen LogP contribution in [0.1, 0.15) is 18.1 Å². The van der Waals surface area contributed by atoms with Crippen molar-refractivity contribution >= 4 is 28.4 Å². The molecule has 2 aromatic carbocycles. The maximum Gasteiger partial charge on any atom is 0.257 e. The van der Waals surface area contributed by atoms with E-state index in [1.165, 1.54) is 4.68 Å². The average molecular weight is 408 g/mol. The molecule has 4 aromatic rings. The normalized spacial score (nSPS) is 11.0. The van der Waals surface area contributed by atoms with Crippen LogP contribution in [0.3, 0.4) is 0 Å². The molecule has 0 spiro atoms. The van der Waals surface area contributed by atoms with Crippen LogP contribution >= 0.6 is 11.6 Å². The van der Waals surface area contributed by atoms with Crippen LogP contribution in [-0.2, 0) is 0 Å². The molecule has 146 valence electrons. The highest BCUT2D eigenvalue weighted by Gasteiger charge is 2.18. The Hall–Kier alpha value is -3.38. The molecule has 0 amide bonds. The van der Waals surface area contributed by atoms with Crippen LogP contribution in [0.25, 0.3) is 33.4 Å². The first-order valence-corrected chi connectivity index (χ1v) is 9.48. The van der Waals surface area contributed by atoms with Gasteiger partial charge >= 0.3 is 0 Å². The molecule has 29 heavy (non-hydrogen) atoms. The Labute approximate surface area is 171 Å². The fraction of sp³-hybridized carbons (Fsp3) is 0.136. The first-order chi connectivity index (χ1) is 14.0. The Morgan fingerprint density at radius 2 is 1.90 bits per heavy atom. The summed E-state index contributed by atoms with van der Waals surface area (Å²) in [7, 11) is 1.59. The standard InChI is InChI=1S/C22H18ClN3O3/c1-3-21(27)26-20(13-4-7-16(29-2)8-5-13)12-19(25-26)17-11-14-10-15(23)6-9-18(14)24-22(17)28/h4-12H,3H2,1-2H3,(H,24,28). The minimum Gasteiger partial charge on any atom is -0.497 e. The summed E-state index contributed by atoms with van der Waals surface area (Å²) in [6.45, 7) is 1.77. The van der Waals surface area contributed by atoms with Crippen molar-refractivity contribution in [3.05, 3.63) is 70.0 Å². The van der Waals surface area contributed by atoms with Gasteiger partial charge in [0.1, 0.15) is 5.75 Å². The molecule has 2 heterocycles. The molecule has 0 saturated carbocycles. The Morgan fingerprint density at radius 3 is 2.59 bits per heavy atom. The number of fused-ring (bicyclic) bond motifs is 1. The van der Waals surface area contributed by atoms with Crippen molar-refractivity contribution in [3.8, 4) is 28.3 Å². The number of nitrogens with zero attached hydrogens (tertiary/aromatic N) is 2. The number of methoxy groups -OCH3 is 1. The van der Waals surface area contributed by atoms with Gasteiger partial charge in [0.25, 0.3) is 5.56 Å². The predicted octanol–water partition coefficient (Wildman–Crippen LogP) is 4.77. The number of rotatable bonds is 4. The maximum absolute atomic E-state index is 12.7. The van der Waals surface area contributed by atoms with Gasteiger partial charge in [-0.2, -0.15) is 9.78 Å². The van der Waals surface area contributed by atoms with Crippen molar-refractivity contribution in [2.45, 2.75) is 13.3 Å². The van der Waals surface area contributed by atoms with Gasteiger partial charge in [-0.15, -0.1) is 0 Å². The zero-order valence-electron chi connectivity index (χ0n) is 15.9. The molecular weight excluding hydrogens is 390 g/mol. The molecule has 0 aliphatic carbocycles. The van der Waals surface area contributed by atoms with E-state index in [9.17, 15) is 9.59 Å². The van der Waals surface area contributed by atoms with Gasteiger partial charge in [0.2, 0.25) is 5.91 Å². The second-order valence-corrected chi connectivity index (χ2v) is 6.98. The van der Waals surface area contributed by atoms with Crippen LogP contribution in [-0.4, -0.2) is 27.8 Å². The van der Waals surface area contributed by atoms with E-state index in [1.807, 2.05) is 24.3 Å². The van der Waals surface area contributed by atoms with Crippen molar-refractivity contribution in [1.29, 1.82) is 0 Å². The molecular formula is C22H18ClN3O3. The topological polar surface area (TPSA) is 77.0 Å². The van der Waals surface area contributed by atoms with E-state index in [-0.39, 0.29) is 17.9 Å². The molecule has 0 unspecified atom stereocenters. The van der Waals surface area contributed by atoms with Crippen LogP contribution in [0, 0.1) is 0 Å². The van der Waals surface area contributed by atoms with Crippen LogP contribution in [0.2, 0.25) is 5.02 Å². The average Bonchev–Trinajstić information content (AvgIpc) is 3.18. The van der Waals surface area contributed by atoms with Gasteiger partial charge in [-0.25, -0.2) is 0 Å². The summed E-state index contributed by atoms with van der Waals surface area (Å²) in [5.41, 5.74) is 2.60. The number of carbonyl (C=O) groups is 1. The third-order valence-electron chi connectivity index (χ3n) is 4.72. The SMILES string of the molecule is CCC(=O)n1nc(-c2cc3cc(Cl)ccc3[nH]c2=O)cc1-c1ccc(OC)cc1. The summed E-state index contributed by atoms with van der Waals surface area (Å²) in [6.07, 6.45) is 0.286. The summed E-state index contributed by atoms with van der Waals surface area (Å²) in [6, 6.07) is 16.1. The van der Waals surface area contributed by atoms with Gasteiger partial charge in [0.05, 0.1) is 24.1 Å². The number of aromatic nitrogens is 3. The summed E-state index contributed by atoms with van der Waals surface area (Å²) in [5.74, 6) is 0.548. The first-order valence-electron chi connectivity index (χ1n) is 9.11. The van der Waals surface area contributed by atoms with Gasteiger partial charge in [-0.3, -0.25) is 9.59 Å². The highest BCUT2D eigenvalue weighted by Crippen LogP contribution is 2.28. The Bertz CT molecular complexity index is 1270. The van der Waals surface area contributed by atoms with Crippen LogP contribution < -0.4 is 10.3 Å². The lowest BCUT2D eigenvalue weighted by Gasteiger charge is -2.05. The summed E-state index contributed by atoms with van der Waals surface area (Å²) in [4.78, 5) is 28.0. The second kappa shape index (κ2) is 7.56. The summed E-state index contributed by atoms with van der Waals surface area (Å²) < 4.78 is 6.55. The van der Waals surface area contributed by atoms with Gasteiger partial charge < -0.3 is 9.72 Å². The number of aromatic amines is 1. The Balaban J connectivity index is 1.89. The molecule has 0 atom stereocenters. The molecule has 0 aliphatic heterocycles. The highest BCUT2D eigenvalue weighted by atomic mass is 35.5. The third kappa shape index (κ3) is 3.54. The van der Waals surface area contributed by atoms with Gasteiger partial charge in [0.15, 0.2) is 0 Å². The van der Waals surface area contributed by atoms with Crippen LogP contribution in [0.4, 0.5) is 0 Å². The summed E-state index contributed by atoms with van der Waals surface area (Å²) in [5, 5.41) is 5.80. The number of ether oxygens (including phenoxy) is 1. The van der Waals surface area contributed by atoms with Gasteiger partial charge in [0, 0.05) is 27.9 Å². The lowest BCUT2D eigenvalue weighted by Crippen LogP contribution is -2.13. The molecule has 0 radical (unpaired) electrons. The minimum absolute atomic E-state index is 0.165. The third-order valence-corrected chi connectivity index (χ3v) is 4.95. The van der Waals surface area contributed by atoms with E-state index in [0.717, 1.165) is 10.9 Å². The zero-order valence-corrected chi connectivity index (χ0v) is 16.7. The van der Waals surface area contributed by atoms with Crippen LogP contribution in [0.15, 0.2) is 59.4 Å². The second-order valence-electron chi connectivity index (χ2n) is 6.55. The van der Waals surface area contributed by atoms with Crippen molar-refractivity contribution in [1.82, 2.24) is 14.8 Å². The number of hydrogen-bond acceptors (Lipinski definition) is 4. The lowest BCUT2D eigenvalue weighted by molar-refractivity contribution is 0.0895. The van der Waals surface area contributed by atoms with E-state index in [4.69, 9.17) is 16.3 Å². The molecule has 1 N–H and O–H groups in total. The molecule has 0 fully saturated rings. The maximum atomic E-state index is 12.7. The van der Waals surface area contributed by atoms with Crippen molar-refractivity contribution in [2.24, 2.45) is 0 Å². The van der Waals surface area contributed by atoms with Crippen LogP contribution in [0.5, 0.6) is 5.75 Å². The molecule has 0 aliphatic rings. The van der Waals surface area contributed by atoms with E-state index in [2.05, 4.69) is 10.1 Å². The van der Waals surface area contributed by atoms with Crippen molar-refractivity contribution in [2.75, 3.05) is 7.11 Å². The number of carbonyl (C=O) groups excluding carboxylic acids is 1. The quantitative estimate of drug-likeness (QED) is 0.528. The zero-order chi connectivity index (χ0) is 20.5. The fourth-order valence-electron chi connectivity index (χ4n) is 3.19. The Morgan fingerprint density at radius 1 is 1.14 bits per heavy atom. The number of benzene rings is 2. The number of nitrogens with one attached hydrogen (secondary N) is 1. The van der Waals surface area contributed by atoms with E-state index in [0.29, 0.717) is 33.2 Å². The van der Waals surface area contributed by atoms with Crippen molar-refractivity contribution in [3.63, 3.8) is 0 Å². The number of halogens is 1. The number of pyridine rings is 1. The monoisotopic (exact) mass is 407 g/mol. The molecule has 6 nitrogen and oxygen atoms in total. The number of hydrogen-bond donors (Lipinski definition) is 1. The molecule has 0 bridgehead atoms. The Kier molecular flexibility index (Phi) is 4.94. The number of H-pyrrole nitrogens is 1. The molecule has 4 rings (SSSR count). The largest absolute Gasteiger partial charge is 0.497 e. The van der Waals surface area contributed by atoms with E-state index < -0.39 is 0 Å². The van der Waals surface area contributed by atoms with E-state index >= 15 is 0 Å².